The molecule has 0 unspecified atom stereocenters. The minimum Gasteiger partial charge on any atom is -0.383 e. The predicted molar refractivity (Wildman–Crippen MR) is 65.0 cm³/mol. The number of aromatic nitrogens is 1. The second-order valence-corrected chi connectivity index (χ2v) is 3.67. The SMILES string of the molecule is COCCOCCC(=O)c1c(C)ccnc1N. The molecule has 0 aliphatic heterocycles. The van der Waals surface area contributed by atoms with E-state index in [0.29, 0.717) is 31.8 Å². The number of anilines is 1. The first-order valence-corrected chi connectivity index (χ1v) is 5.47. The lowest BCUT2D eigenvalue weighted by molar-refractivity contribution is 0.0641. The van der Waals surface area contributed by atoms with E-state index in [2.05, 4.69) is 4.98 Å². The van der Waals surface area contributed by atoms with Gasteiger partial charge < -0.3 is 15.2 Å². The van der Waals surface area contributed by atoms with Crippen molar-refractivity contribution in [1.29, 1.82) is 0 Å². The number of aryl methyl sites for hydroxylation is 1. The van der Waals surface area contributed by atoms with Crippen LogP contribution < -0.4 is 5.73 Å². The Labute approximate surface area is 101 Å². The third kappa shape index (κ3) is 4.13. The normalized spacial score (nSPS) is 10.5. The van der Waals surface area contributed by atoms with Gasteiger partial charge in [0.2, 0.25) is 0 Å². The molecule has 0 saturated heterocycles. The van der Waals surface area contributed by atoms with Gasteiger partial charge in [-0.05, 0) is 18.6 Å². The molecule has 0 amide bonds. The molecule has 5 heteroatoms. The van der Waals surface area contributed by atoms with Crippen molar-refractivity contribution < 1.29 is 14.3 Å². The summed E-state index contributed by atoms with van der Waals surface area (Å²) >= 11 is 0. The monoisotopic (exact) mass is 238 g/mol. The van der Waals surface area contributed by atoms with Gasteiger partial charge >= 0.3 is 0 Å². The average Bonchev–Trinajstić information content (AvgIpc) is 2.28. The molecular formula is C12H18N2O3. The van der Waals surface area contributed by atoms with Crippen LogP contribution in [0.1, 0.15) is 22.3 Å². The van der Waals surface area contributed by atoms with Crippen molar-refractivity contribution in [2.45, 2.75) is 13.3 Å². The minimum atomic E-state index is -0.0366. The summed E-state index contributed by atoms with van der Waals surface area (Å²) in [6, 6.07) is 1.77. The molecule has 0 aromatic carbocycles. The Morgan fingerprint density at radius 1 is 1.41 bits per heavy atom. The van der Waals surface area contributed by atoms with Crippen molar-refractivity contribution in [3.05, 3.63) is 23.4 Å². The van der Waals surface area contributed by atoms with Gasteiger partial charge in [-0.1, -0.05) is 0 Å². The van der Waals surface area contributed by atoms with Gasteiger partial charge in [0, 0.05) is 19.7 Å². The highest BCUT2D eigenvalue weighted by atomic mass is 16.5. The molecule has 17 heavy (non-hydrogen) atoms. The number of hydrogen-bond acceptors (Lipinski definition) is 5. The molecule has 5 nitrogen and oxygen atoms in total. The number of nitrogen functional groups attached to an aromatic ring is 1. The Balaban J connectivity index is 2.47. The molecule has 2 N–H and O–H groups in total. The molecule has 0 aliphatic carbocycles. The number of hydrogen-bond donors (Lipinski definition) is 1. The highest BCUT2D eigenvalue weighted by molar-refractivity contribution is 6.01. The average molecular weight is 238 g/mol. The van der Waals surface area contributed by atoms with E-state index in [9.17, 15) is 4.79 Å². The lowest BCUT2D eigenvalue weighted by atomic mass is 10.0. The number of rotatable bonds is 7. The van der Waals surface area contributed by atoms with E-state index in [0.717, 1.165) is 5.56 Å². The van der Waals surface area contributed by atoms with E-state index in [1.165, 1.54) is 0 Å². The van der Waals surface area contributed by atoms with Crippen molar-refractivity contribution in [1.82, 2.24) is 4.98 Å². The molecule has 0 aliphatic rings. The van der Waals surface area contributed by atoms with Crippen molar-refractivity contribution in [3.8, 4) is 0 Å². The second-order valence-electron chi connectivity index (χ2n) is 3.67. The molecule has 0 bridgehead atoms. The molecule has 0 atom stereocenters. The number of carbonyl (C=O) groups excluding carboxylic acids is 1. The maximum Gasteiger partial charge on any atom is 0.169 e. The van der Waals surface area contributed by atoms with Crippen LogP contribution in [0.3, 0.4) is 0 Å². The molecule has 1 heterocycles. The van der Waals surface area contributed by atoms with Gasteiger partial charge in [-0.3, -0.25) is 4.79 Å². The lowest BCUT2D eigenvalue weighted by Gasteiger charge is -2.07. The first kappa shape index (κ1) is 13.6. The van der Waals surface area contributed by atoms with Gasteiger partial charge in [-0.2, -0.15) is 0 Å². The number of ketones is 1. The van der Waals surface area contributed by atoms with Crippen molar-refractivity contribution in [2.24, 2.45) is 0 Å². The van der Waals surface area contributed by atoms with Crippen molar-refractivity contribution >= 4 is 11.6 Å². The zero-order valence-corrected chi connectivity index (χ0v) is 10.2. The van der Waals surface area contributed by atoms with Crippen LogP contribution >= 0.6 is 0 Å². The van der Waals surface area contributed by atoms with Crippen LogP contribution in [0.25, 0.3) is 0 Å². The largest absolute Gasteiger partial charge is 0.383 e. The summed E-state index contributed by atoms with van der Waals surface area (Å²) in [5.74, 6) is 0.248. The predicted octanol–water partition coefficient (Wildman–Crippen LogP) is 1.21. The van der Waals surface area contributed by atoms with E-state index in [-0.39, 0.29) is 11.6 Å². The summed E-state index contributed by atoms with van der Waals surface area (Å²) in [5.41, 5.74) is 7.03. The van der Waals surface area contributed by atoms with E-state index in [1.807, 2.05) is 6.92 Å². The molecular weight excluding hydrogens is 220 g/mol. The van der Waals surface area contributed by atoms with Crippen molar-refractivity contribution in [2.75, 3.05) is 32.7 Å². The van der Waals surface area contributed by atoms with Gasteiger partial charge in [-0.15, -0.1) is 0 Å². The molecule has 0 fully saturated rings. The number of pyridine rings is 1. The molecule has 0 radical (unpaired) electrons. The van der Waals surface area contributed by atoms with Crippen LogP contribution in [0, 0.1) is 6.92 Å². The summed E-state index contributed by atoms with van der Waals surface area (Å²) in [4.78, 5) is 15.8. The maximum absolute atomic E-state index is 11.9. The zero-order chi connectivity index (χ0) is 12.7. The Morgan fingerprint density at radius 3 is 2.82 bits per heavy atom. The fourth-order valence-corrected chi connectivity index (χ4v) is 1.48. The second kappa shape index (κ2) is 6.98. The molecule has 1 aromatic heterocycles. The van der Waals surface area contributed by atoms with E-state index in [4.69, 9.17) is 15.2 Å². The number of Topliss-reactive ketones (excluding diaryl/α,β-unsaturated/α-hetero) is 1. The number of nitrogens with two attached hydrogens (primary N) is 1. The highest BCUT2D eigenvalue weighted by Gasteiger charge is 2.13. The number of methoxy groups -OCH3 is 1. The molecule has 94 valence electrons. The number of nitrogens with zero attached hydrogens (tertiary/aromatic N) is 1. The maximum atomic E-state index is 11.9. The third-order valence-corrected chi connectivity index (χ3v) is 2.37. The number of carbonyl (C=O) groups is 1. The molecule has 1 rings (SSSR count). The topological polar surface area (TPSA) is 74.4 Å². The van der Waals surface area contributed by atoms with Crippen molar-refractivity contribution in [3.63, 3.8) is 0 Å². The van der Waals surface area contributed by atoms with Crippen LogP contribution in [0.2, 0.25) is 0 Å². The Morgan fingerprint density at radius 2 is 2.18 bits per heavy atom. The van der Waals surface area contributed by atoms with Crippen LogP contribution in [0.5, 0.6) is 0 Å². The van der Waals surface area contributed by atoms with Gasteiger partial charge in [0.15, 0.2) is 5.78 Å². The van der Waals surface area contributed by atoms with Gasteiger partial charge in [0.1, 0.15) is 5.82 Å². The minimum absolute atomic E-state index is 0.0366. The van der Waals surface area contributed by atoms with Gasteiger partial charge in [0.25, 0.3) is 0 Å². The zero-order valence-electron chi connectivity index (χ0n) is 10.2. The fourth-order valence-electron chi connectivity index (χ4n) is 1.48. The third-order valence-electron chi connectivity index (χ3n) is 2.37. The summed E-state index contributed by atoms with van der Waals surface area (Å²) < 4.78 is 10.1. The summed E-state index contributed by atoms with van der Waals surface area (Å²) in [7, 11) is 1.61. The van der Waals surface area contributed by atoms with Gasteiger partial charge in [0.05, 0.1) is 25.4 Å². The van der Waals surface area contributed by atoms with E-state index < -0.39 is 0 Å². The van der Waals surface area contributed by atoms with Gasteiger partial charge in [-0.25, -0.2) is 4.98 Å². The smallest absolute Gasteiger partial charge is 0.169 e. The van der Waals surface area contributed by atoms with E-state index >= 15 is 0 Å². The standard InChI is InChI=1S/C12H18N2O3/c1-9-3-5-14-12(13)11(9)10(15)4-6-17-8-7-16-2/h3,5H,4,6-8H2,1-2H3,(H2,13,14). The summed E-state index contributed by atoms with van der Waals surface area (Å²) in [6.45, 7) is 3.24. The fraction of sp³-hybridized carbons (Fsp3) is 0.500. The summed E-state index contributed by atoms with van der Waals surface area (Å²) in [6.07, 6.45) is 1.90. The number of ether oxygens (including phenoxy) is 2. The Bertz CT molecular complexity index is 360. The van der Waals surface area contributed by atoms with Crippen LogP contribution in [-0.2, 0) is 9.47 Å². The lowest BCUT2D eigenvalue weighted by Crippen LogP contribution is -2.11. The highest BCUT2D eigenvalue weighted by Crippen LogP contribution is 2.15. The van der Waals surface area contributed by atoms with Crippen LogP contribution in [-0.4, -0.2) is 37.7 Å². The summed E-state index contributed by atoms with van der Waals surface area (Å²) in [5, 5.41) is 0. The Hall–Kier alpha value is -1.46. The van der Waals surface area contributed by atoms with E-state index in [1.54, 1.807) is 19.4 Å². The van der Waals surface area contributed by atoms with Crippen LogP contribution in [0.15, 0.2) is 12.3 Å². The Kier molecular flexibility index (Phi) is 5.59. The molecule has 0 saturated carbocycles. The quantitative estimate of drug-likeness (QED) is 0.571. The van der Waals surface area contributed by atoms with Crippen LogP contribution in [0.4, 0.5) is 5.82 Å². The first-order valence-electron chi connectivity index (χ1n) is 5.47. The molecule has 0 spiro atoms. The first-order chi connectivity index (χ1) is 8.16. The molecule has 1 aromatic rings.